The molecule has 31 heavy (non-hydrogen) atoms. The zero-order chi connectivity index (χ0) is 22.5. The van der Waals surface area contributed by atoms with Gasteiger partial charge in [0.2, 0.25) is 0 Å². The third-order valence-corrected chi connectivity index (χ3v) is 6.80. The Bertz CT molecular complexity index is 1130. The highest BCUT2D eigenvalue weighted by molar-refractivity contribution is 7.15. The van der Waals surface area contributed by atoms with Crippen LogP contribution in [0.5, 0.6) is 0 Å². The number of aliphatic hydroxyl groups is 2. The van der Waals surface area contributed by atoms with Gasteiger partial charge in [0.1, 0.15) is 10.6 Å². The molecule has 0 saturated carbocycles. The minimum absolute atomic E-state index is 0.0972. The molecule has 1 amide bonds. The predicted molar refractivity (Wildman–Crippen MR) is 121 cm³/mol. The molecule has 0 bridgehead atoms. The van der Waals surface area contributed by atoms with Gasteiger partial charge in [0.05, 0.1) is 27.2 Å². The first-order chi connectivity index (χ1) is 14.5. The zero-order valence-corrected chi connectivity index (χ0v) is 19.5. The number of fused-ring (bicyclic) bond motifs is 1. The van der Waals surface area contributed by atoms with Crippen molar-refractivity contribution < 1.29 is 19.7 Å². The second-order valence-corrected chi connectivity index (χ2v) is 10.3. The Morgan fingerprint density at radius 1 is 1.35 bits per heavy atom. The molecule has 1 fully saturated rings. The third kappa shape index (κ3) is 4.43. The van der Waals surface area contributed by atoms with E-state index in [4.69, 9.17) is 16.3 Å². The molecule has 1 unspecified atom stereocenters. The van der Waals surface area contributed by atoms with Crippen LogP contribution in [0.25, 0.3) is 21.5 Å². The number of halogens is 1. The molecule has 2 aromatic heterocycles. The Hall–Kier alpha value is -2.13. The number of benzene rings is 1. The highest BCUT2D eigenvalue weighted by Gasteiger charge is 2.34. The number of rotatable bonds is 3. The van der Waals surface area contributed by atoms with Crippen LogP contribution in [0.1, 0.15) is 62.2 Å². The van der Waals surface area contributed by atoms with Crippen molar-refractivity contribution in [2.45, 2.75) is 58.5 Å². The first-order valence-electron chi connectivity index (χ1n) is 10.2. The standard InChI is InChI=1S/C22H26ClN3O4S/c1-11-18(20(27)28)31-19(24-11)13-8-12-10-15(25-17(12)14(23)9-13)16-6-5-7-26(16)21(29)30-22(2,3)4/h8-10,16,20,25,27-28H,5-7H2,1-4H3. The van der Waals surface area contributed by atoms with E-state index < -0.39 is 11.9 Å². The number of amides is 1. The molecule has 1 aliphatic rings. The summed E-state index contributed by atoms with van der Waals surface area (Å²) in [4.78, 5) is 22.7. The van der Waals surface area contributed by atoms with E-state index in [1.165, 1.54) is 11.3 Å². The van der Waals surface area contributed by atoms with E-state index in [1.807, 2.05) is 39.0 Å². The topological polar surface area (TPSA) is 98.7 Å². The van der Waals surface area contributed by atoms with E-state index in [-0.39, 0.29) is 12.1 Å². The lowest BCUT2D eigenvalue weighted by Gasteiger charge is -2.28. The van der Waals surface area contributed by atoms with Crippen LogP contribution in [-0.4, -0.2) is 43.3 Å². The van der Waals surface area contributed by atoms with Crippen LogP contribution >= 0.6 is 22.9 Å². The SMILES string of the molecule is Cc1nc(-c2cc(Cl)c3[nH]c(C4CCCN4C(=O)OC(C)(C)C)cc3c2)sc1C(O)O. The molecule has 0 radical (unpaired) electrons. The second kappa shape index (κ2) is 8.09. The number of hydrogen-bond donors (Lipinski definition) is 3. The Labute approximate surface area is 189 Å². The van der Waals surface area contributed by atoms with Crippen molar-refractivity contribution >= 4 is 39.9 Å². The maximum atomic E-state index is 12.7. The molecule has 0 spiro atoms. The van der Waals surface area contributed by atoms with Gasteiger partial charge >= 0.3 is 6.09 Å². The minimum Gasteiger partial charge on any atom is -0.444 e. The average Bonchev–Trinajstić information content (AvgIpc) is 3.37. The largest absolute Gasteiger partial charge is 0.444 e. The first kappa shape index (κ1) is 22.1. The average molecular weight is 464 g/mol. The Morgan fingerprint density at radius 3 is 2.74 bits per heavy atom. The molecule has 3 N–H and O–H groups in total. The van der Waals surface area contributed by atoms with Gasteiger partial charge in [-0.25, -0.2) is 9.78 Å². The van der Waals surface area contributed by atoms with E-state index in [0.717, 1.165) is 35.0 Å². The van der Waals surface area contributed by atoms with E-state index in [2.05, 4.69) is 9.97 Å². The van der Waals surface area contributed by atoms with Crippen molar-refractivity contribution in [3.05, 3.63) is 39.5 Å². The van der Waals surface area contributed by atoms with Crippen LogP contribution in [0.2, 0.25) is 5.02 Å². The van der Waals surface area contributed by atoms with Crippen molar-refractivity contribution in [3.8, 4) is 10.6 Å². The number of ether oxygens (including phenoxy) is 1. The summed E-state index contributed by atoms with van der Waals surface area (Å²) in [6.07, 6.45) is -0.109. The number of carbonyl (C=O) groups excluding carboxylic acids is 1. The maximum absolute atomic E-state index is 12.7. The van der Waals surface area contributed by atoms with Gasteiger partial charge in [-0.1, -0.05) is 11.6 Å². The number of aromatic nitrogens is 2. The van der Waals surface area contributed by atoms with Gasteiger partial charge in [0, 0.05) is 23.2 Å². The molecule has 3 heterocycles. The summed E-state index contributed by atoms with van der Waals surface area (Å²) in [7, 11) is 0. The monoisotopic (exact) mass is 463 g/mol. The van der Waals surface area contributed by atoms with Crippen molar-refractivity contribution in [2.75, 3.05) is 6.54 Å². The molecule has 3 aromatic rings. The molecule has 1 saturated heterocycles. The predicted octanol–water partition coefficient (Wildman–Crippen LogP) is 5.31. The summed E-state index contributed by atoms with van der Waals surface area (Å²) >= 11 is 7.80. The van der Waals surface area contributed by atoms with E-state index in [0.29, 0.717) is 27.1 Å². The normalized spacial score (nSPS) is 17.2. The van der Waals surface area contributed by atoms with Gasteiger partial charge in [0.25, 0.3) is 0 Å². The van der Waals surface area contributed by atoms with Crippen LogP contribution in [-0.2, 0) is 4.74 Å². The van der Waals surface area contributed by atoms with Crippen molar-refractivity contribution in [2.24, 2.45) is 0 Å². The number of aromatic amines is 1. The van der Waals surface area contributed by atoms with Crippen molar-refractivity contribution in [1.29, 1.82) is 0 Å². The molecular weight excluding hydrogens is 438 g/mol. The van der Waals surface area contributed by atoms with E-state index in [9.17, 15) is 15.0 Å². The van der Waals surface area contributed by atoms with Crippen molar-refractivity contribution in [1.82, 2.24) is 14.9 Å². The van der Waals surface area contributed by atoms with Gasteiger partial charge in [0.15, 0.2) is 6.29 Å². The Morgan fingerprint density at radius 2 is 2.10 bits per heavy atom. The lowest BCUT2D eigenvalue weighted by atomic mass is 10.1. The van der Waals surface area contributed by atoms with Gasteiger partial charge < -0.3 is 19.9 Å². The fraction of sp³-hybridized carbons (Fsp3) is 0.455. The highest BCUT2D eigenvalue weighted by atomic mass is 35.5. The molecule has 166 valence electrons. The molecule has 0 aliphatic carbocycles. The molecule has 1 aliphatic heterocycles. The van der Waals surface area contributed by atoms with Gasteiger partial charge in [-0.3, -0.25) is 4.90 Å². The summed E-state index contributed by atoms with van der Waals surface area (Å²) in [5.74, 6) is 0. The summed E-state index contributed by atoms with van der Waals surface area (Å²) in [5.41, 5.74) is 2.56. The van der Waals surface area contributed by atoms with Crippen molar-refractivity contribution in [3.63, 3.8) is 0 Å². The zero-order valence-electron chi connectivity index (χ0n) is 17.9. The van der Waals surface area contributed by atoms with Crippen LogP contribution in [0.4, 0.5) is 4.79 Å². The number of H-pyrrole nitrogens is 1. The number of nitrogens with zero attached hydrogens (tertiary/aromatic N) is 2. The maximum Gasteiger partial charge on any atom is 0.410 e. The summed E-state index contributed by atoms with van der Waals surface area (Å²) in [6.45, 7) is 7.98. The third-order valence-electron chi connectivity index (χ3n) is 5.25. The number of carbonyl (C=O) groups is 1. The highest BCUT2D eigenvalue weighted by Crippen LogP contribution is 2.39. The quantitative estimate of drug-likeness (QED) is 0.457. The molecule has 4 rings (SSSR count). The lowest BCUT2D eigenvalue weighted by Crippen LogP contribution is -2.36. The van der Waals surface area contributed by atoms with Gasteiger partial charge in [-0.05, 0) is 58.7 Å². The second-order valence-electron chi connectivity index (χ2n) is 8.82. The van der Waals surface area contributed by atoms with Gasteiger partial charge in [-0.15, -0.1) is 11.3 Å². The molecule has 1 aromatic carbocycles. The number of nitrogens with one attached hydrogen (secondary N) is 1. The summed E-state index contributed by atoms with van der Waals surface area (Å²) in [6, 6.07) is 5.70. The Kier molecular flexibility index (Phi) is 5.76. The number of hydrogen-bond acceptors (Lipinski definition) is 6. The number of aryl methyl sites for hydroxylation is 1. The minimum atomic E-state index is -1.55. The first-order valence-corrected chi connectivity index (χ1v) is 11.4. The molecule has 1 atom stereocenters. The molecular formula is C22H26ClN3O4S. The smallest absolute Gasteiger partial charge is 0.410 e. The molecule has 7 nitrogen and oxygen atoms in total. The fourth-order valence-corrected chi connectivity index (χ4v) is 5.12. The molecule has 9 heteroatoms. The Balaban J connectivity index is 1.68. The summed E-state index contributed by atoms with van der Waals surface area (Å²) in [5, 5.41) is 21.1. The van der Waals surface area contributed by atoms with E-state index >= 15 is 0 Å². The van der Waals surface area contributed by atoms with Crippen LogP contribution < -0.4 is 0 Å². The lowest BCUT2D eigenvalue weighted by molar-refractivity contribution is -0.0401. The fourth-order valence-electron chi connectivity index (χ4n) is 3.92. The van der Waals surface area contributed by atoms with Crippen LogP contribution in [0.3, 0.4) is 0 Å². The van der Waals surface area contributed by atoms with Crippen LogP contribution in [0.15, 0.2) is 18.2 Å². The number of aliphatic hydroxyl groups excluding tert-OH is 1. The van der Waals surface area contributed by atoms with Crippen LogP contribution in [0, 0.1) is 6.92 Å². The number of likely N-dealkylation sites (tertiary alicyclic amines) is 1. The van der Waals surface area contributed by atoms with Gasteiger partial charge in [-0.2, -0.15) is 0 Å². The number of thiazole rings is 1. The summed E-state index contributed by atoms with van der Waals surface area (Å²) < 4.78 is 5.58. The van der Waals surface area contributed by atoms with E-state index in [1.54, 1.807) is 11.8 Å².